The zero-order valence-electron chi connectivity index (χ0n) is 10.8. The number of amidine groups is 1. The Morgan fingerprint density at radius 3 is 2.50 bits per heavy atom. The van der Waals surface area contributed by atoms with Crippen LogP contribution in [0.2, 0.25) is 0 Å². The van der Waals surface area contributed by atoms with E-state index in [1.54, 1.807) is 6.07 Å². The molecule has 0 aliphatic carbocycles. The molecule has 0 unspecified atom stereocenters. The summed E-state index contributed by atoms with van der Waals surface area (Å²) in [7, 11) is 1.47. The lowest BCUT2D eigenvalue weighted by molar-refractivity contribution is -0.0375. The fraction of sp³-hybridized carbons (Fsp3) is 0.385. The Labute approximate surface area is 115 Å². The van der Waals surface area contributed by atoms with Crippen molar-refractivity contribution in [1.29, 1.82) is 0 Å². The van der Waals surface area contributed by atoms with Crippen molar-refractivity contribution in [3.05, 3.63) is 33.8 Å². The number of carbonyl (C=O) groups is 1. The van der Waals surface area contributed by atoms with Crippen LogP contribution in [0.1, 0.15) is 36.7 Å². The number of fused-ring (bicyclic) bond motifs is 1. The van der Waals surface area contributed by atoms with Gasteiger partial charge in [0.25, 0.3) is 5.91 Å². The minimum absolute atomic E-state index is 0.178. The van der Waals surface area contributed by atoms with E-state index in [2.05, 4.69) is 20.9 Å². The number of hydroxylamine groups is 2. The maximum Gasteiger partial charge on any atom is 0.284 e. The van der Waals surface area contributed by atoms with Crippen LogP contribution in [0.3, 0.4) is 0 Å². The molecule has 0 aromatic heterocycles. The van der Waals surface area contributed by atoms with E-state index in [0.717, 1.165) is 10.0 Å². The topological polar surface area (TPSA) is 41.9 Å². The van der Waals surface area contributed by atoms with Crippen LogP contribution >= 0.6 is 15.9 Å². The number of aliphatic imine (C=N–C) groups is 1. The fourth-order valence-electron chi connectivity index (χ4n) is 1.80. The van der Waals surface area contributed by atoms with Gasteiger partial charge in [-0.2, -0.15) is 5.06 Å². The molecule has 0 bridgehead atoms. The number of nitrogens with zero attached hydrogens (tertiary/aromatic N) is 2. The summed E-state index contributed by atoms with van der Waals surface area (Å²) < 4.78 is 0.911. The van der Waals surface area contributed by atoms with Gasteiger partial charge in [-0.3, -0.25) is 14.6 Å². The summed E-state index contributed by atoms with van der Waals surface area (Å²) in [5.74, 6) is 0.384. The lowest BCUT2D eigenvalue weighted by Gasteiger charge is -2.18. The molecule has 0 spiro atoms. The Bertz CT molecular complexity index is 532. The molecule has 0 N–H and O–H groups in total. The molecule has 1 aromatic carbocycles. The normalized spacial score (nSPS) is 17.5. The van der Waals surface area contributed by atoms with Crippen LogP contribution in [-0.2, 0) is 4.84 Å². The average molecular weight is 311 g/mol. The lowest BCUT2D eigenvalue weighted by Crippen LogP contribution is -2.31. The number of carbonyl (C=O) groups excluding carboxylic acids is 1. The van der Waals surface area contributed by atoms with Gasteiger partial charge in [0.15, 0.2) is 5.84 Å². The highest BCUT2D eigenvalue weighted by atomic mass is 79.9. The number of hydrogen-bond donors (Lipinski definition) is 0. The molecule has 1 heterocycles. The summed E-state index contributed by atoms with van der Waals surface area (Å²) in [5.41, 5.74) is 1.13. The summed E-state index contributed by atoms with van der Waals surface area (Å²) >= 11 is 3.41. The second-order valence-corrected chi connectivity index (χ2v) is 5.99. The standard InChI is InChI=1S/C13H15BrN2O2/c1-13(2,3)15-11-10-7-8(14)5-6-9(10)12(17)16(11)18-4/h5-7H,1-4H3. The first-order chi connectivity index (χ1) is 8.33. The minimum Gasteiger partial charge on any atom is -0.268 e. The highest BCUT2D eigenvalue weighted by Crippen LogP contribution is 2.28. The van der Waals surface area contributed by atoms with Crippen molar-refractivity contribution in [2.45, 2.75) is 26.3 Å². The third kappa shape index (κ3) is 2.33. The van der Waals surface area contributed by atoms with E-state index in [4.69, 9.17) is 4.84 Å². The molecule has 0 fully saturated rings. The molecule has 1 aromatic rings. The molecule has 18 heavy (non-hydrogen) atoms. The smallest absolute Gasteiger partial charge is 0.268 e. The molecule has 4 nitrogen and oxygen atoms in total. The molecule has 2 rings (SSSR count). The predicted molar refractivity (Wildman–Crippen MR) is 73.6 cm³/mol. The Kier molecular flexibility index (Phi) is 3.29. The van der Waals surface area contributed by atoms with Crippen molar-refractivity contribution in [1.82, 2.24) is 5.06 Å². The van der Waals surface area contributed by atoms with Gasteiger partial charge >= 0.3 is 0 Å². The molecule has 0 saturated carbocycles. The van der Waals surface area contributed by atoms with Gasteiger partial charge in [-0.25, -0.2) is 0 Å². The van der Waals surface area contributed by atoms with Crippen LogP contribution in [0, 0.1) is 0 Å². The van der Waals surface area contributed by atoms with Crippen LogP contribution in [0.4, 0.5) is 0 Å². The van der Waals surface area contributed by atoms with Crippen molar-refractivity contribution in [3.63, 3.8) is 0 Å². The van der Waals surface area contributed by atoms with E-state index in [1.807, 2.05) is 32.9 Å². The predicted octanol–water partition coefficient (Wildman–Crippen LogP) is 3.01. The second-order valence-electron chi connectivity index (χ2n) is 5.08. The minimum atomic E-state index is -0.281. The van der Waals surface area contributed by atoms with Crippen molar-refractivity contribution in [2.75, 3.05) is 7.11 Å². The first kappa shape index (κ1) is 13.2. The number of halogens is 1. The molecule has 1 amide bonds. The molecular formula is C13H15BrN2O2. The maximum atomic E-state index is 12.1. The second kappa shape index (κ2) is 4.48. The monoisotopic (exact) mass is 310 g/mol. The van der Waals surface area contributed by atoms with Gasteiger partial charge in [-0.1, -0.05) is 15.9 Å². The van der Waals surface area contributed by atoms with Crippen molar-refractivity contribution in [3.8, 4) is 0 Å². The van der Waals surface area contributed by atoms with E-state index in [1.165, 1.54) is 12.2 Å². The molecule has 1 aliphatic heterocycles. The summed E-state index contributed by atoms with van der Waals surface area (Å²) in [5, 5.41) is 1.24. The average Bonchev–Trinajstić information content (AvgIpc) is 2.49. The Morgan fingerprint density at radius 2 is 1.94 bits per heavy atom. The van der Waals surface area contributed by atoms with Crippen LogP contribution < -0.4 is 0 Å². The SMILES string of the molecule is CON1C(=O)c2ccc(Br)cc2C1=NC(C)(C)C. The van der Waals surface area contributed by atoms with Crippen molar-refractivity contribution >= 4 is 27.7 Å². The first-order valence-electron chi connectivity index (χ1n) is 5.62. The molecule has 0 atom stereocenters. The van der Waals surface area contributed by atoms with Gasteiger partial charge in [0, 0.05) is 10.0 Å². The number of amides is 1. The molecule has 5 heteroatoms. The van der Waals surface area contributed by atoms with Gasteiger partial charge in [0.1, 0.15) is 0 Å². The Morgan fingerprint density at radius 1 is 1.28 bits per heavy atom. The third-order valence-electron chi connectivity index (χ3n) is 2.45. The molecule has 96 valence electrons. The van der Waals surface area contributed by atoms with Gasteiger partial charge < -0.3 is 0 Å². The molecule has 1 aliphatic rings. The summed E-state index contributed by atoms with van der Waals surface area (Å²) in [6, 6.07) is 5.50. The lowest BCUT2D eigenvalue weighted by atomic mass is 10.1. The van der Waals surface area contributed by atoms with E-state index in [-0.39, 0.29) is 11.4 Å². The molecule has 0 saturated heterocycles. The molecule has 0 radical (unpaired) electrons. The first-order valence-corrected chi connectivity index (χ1v) is 6.41. The highest BCUT2D eigenvalue weighted by Gasteiger charge is 2.35. The van der Waals surface area contributed by atoms with Gasteiger partial charge in [0.05, 0.1) is 18.2 Å². The van der Waals surface area contributed by atoms with E-state index >= 15 is 0 Å². The zero-order valence-corrected chi connectivity index (χ0v) is 12.4. The summed E-state index contributed by atoms with van der Waals surface area (Å²) in [6.45, 7) is 5.94. The Balaban J connectivity index is 2.62. The van der Waals surface area contributed by atoms with E-state index in [9.17, 15) is 4.79 Å². The number of hydrogen-bond acceptors (Lipinski definition) is 3. The van der Waals surface area contributed by atoms with Crippen molar-refractivity contribution < 1.29 is 9.63 Å². The van der Waals surface area contributed by atoms with Gasteiger partial charge in [-0.05, 0) is 39.0 Å². The molecular weight excluding hydrogens is 296 g/mol. The van der Waals surface area contributed by atoms with Gasteiger partial charge in [-0.15, -0.1) is 0 Å². The van der Waals surface area contributed by atoms with E-state index in [0.29, 0.717) is 11.4 Å². The highest BCUT2D eigenvalue weighted by molar-refractivity contribution is 9.10. The Hall–Kier alpha value is -1.20. The van der Waals surface area contributed by atoms with Crippen LogP contribution in [0.5, 0.6) is 0 Å². The van der Waals surface area contributed by atoms with Crippen LogP contribution in [-0.4, -0.2) is 29.5 Å². The number of rotatable bonds is 1. The van der Waals surface area contributed by atoms with Crippen LogP contribution in [0.25, 0.3) is 0 Å². The third-order valence-corrected chi connectivity index (χ3v) is 2.95. The van der Waals surface area contributed by atoms with Gasteiger partial charge in [0.2, 0.25) is 0 Å². The largest absolute Gasteiger partial charge is 0.284 e. The van der Waals surface area contributed by atoms with Crippen molar-refractivity contribution in [2.24, 2.45) is 4.99 Å². The maximum absolute atomic E-state index is 12.1. The van der Waals surface area contributed by atoms with Crippen LogP contribution in [0.15, 0.2) is 27.7 Å². The fourth-order valence-corrected chi connectivity index (χ4v) is 2.16. The van der Waals surface area contributed by atoms with E-state index < -0.39 is 0 Å². The summed E-state index contributed by atoms with van der Waals surface area (Å²) in [4.78, 5) is 21.9. The number of benzene rings is 1. The summed E-state index contributed by atoms with van der Waals surface area (Å²) in [6.07, 6.45) is 0. The zero-order chi connectivity index (χ0) is 13.5. The quantitative estimate of drug-likeness (QED) is 0.800.